The van der Waals surface area contributed by atoms with Crippen LogP contribution in [0.2, 0.25) is 5.02 Å². The summed E-state index contributed by atoms with van der Waals surface area (Å²) in [5.74, 6) is 0. The summed E-state index contributed by atoms with van der Waals surface area (Å²) >= 11 is 6.00. The third kappa shape index (κ3) is 3.63. The second-order valence-corrected chi connectivity index (χ2v) is 6.82. The first-order chi connectivity index (χ1) is 14.4. The first kappa shape index (κ1) is 19.3. The Kier molecular flexibility index (Phi) is 4.99. The monoisotopic (exact) mass is 420 g/mol. The molecule has 1 heterocycles. The van der Waals surface area contributed by atoms with Crippen molar-refractivity contribution in [1.29, 1.82) is 0 Å². The molecular formula is C21H13ClN4O4. The molecule has 0 radical (unpaired) electrons. The molecule has 30 heavy (non-hydrogen) atoms. The summed E-state index contributed by atoms with van der Waals surface area (Å²) in [5, 5.41) is 27.9. The van der Waals surface area contributed by atoms with Crippen molar-refractivity contribution in [3.63, 3.8) is 0 Å². The Hall–Kier alpha value is -4.04. The normalized spacial score (nSPS) is 10.7. The minimum Gasteiger partial charge on any atom is -0.258 e. The lowest BCUT2D eigenvalue weighted by atomic mass is 10.1. The molecule has 0 bridgehead atoms. The summed E-state index contributed by atoms with van der Waals surface area (Å²) < 4.78 is 1.42. The summed E-state index contributed by atoms with van der Waals surface area (Å²) in [6.45, 7) is 0. The van der Waals surface area contributed by atoms with Gasteiger partial charge in [-0.05, 0) is 24.3 Å². The second kappa shape index (κ2) is 7.76. The Morgan fingerprint density at radius 2 is 1.50 bits per heavy atom. The number of aromatic nitrogens is 2. The lowest BCUT2D eigenvalue weighted by Gasteiger charge is -2.08. The van der Waals surface area contributed by atoms with Gasteiger partial charge >= 0.3 is 5.69 Å². The van der Waals surface area contributed by atoms with E-state index in [1.807, 2.05) is 36.4 Å². The van der Waals surface area contributed by atoms with Gasteiger partial charge < -0.3 is 0 Å². The third-order valence-electron chi connectivity index (χ3n) is 4.51. The molecule has 0 saturated carbocycles. The molecule has 1 aromatic heterocycles. The second-order valence-electron chi connectivity index (χ2n) is 6.39. The molecule has 0 aliphatic carbocycles. The van der Waals surface area contributed by atoms with Crippen molar-refractivity contribution in [2.24, 2.45) is 0 Å². The molecule has 0 aliphatic rings. The maximum atomic E-state index is 11.7. The lowest BCUT2D eigenvalue weighted by molar-refractivity contribution is -0.394. The standard InChI is InChI=1S/C21H13ClN4O4/c22-16-8-6-15(7-9-16)20-13-18(14-4-2-1-3-5-14)23-24(20)19-11-10-17(25(27)28)12-21(19)26(29)30/h1-13H. The Morgan fingerprint density at radius 1 is 0.800 bits per heavy atom. The highest BCUT2D eigenvalue weighted by Gasteiger charge is 2.24. The molecule has 0 amide bonds. The minimum absolute atomic E-state index is 0.123. The Morgan fingerprint density at radius 3 is 2.13 bits per heavy atom. The topological polar surface area (TPSA) is 104 Å². The van der Waals surface area contributed by atoms with Gasteiger partial charge in [0, 0.05) is 22.2 Å². The molecule has 0 unspecified atom stereocenters. The van der Waals surface area contributed by atoms with Crippen LogP contribution in [-0.2, 0) is 0 Å². The number of halogens is 1. The average molecular weight is 421 g/mol. The van der Waals surface area contributed by atoms with Crippen LogP contribution in [-0.4, -0.2) is 19.6 Å². The van der Waals surface area contributed by atoms with Gasteiger partial charge in [-0.15, -0.1) is 0 Å². The van der Waals surface area contributed by atoms with Gasteiger partial charge in [-0.2, -0.15) is 5.10 Å². The van der Waals surface area contributed by atoms with E-state index in [-0.39, 0.29) is 11.4 Å². The lowest BCUT2D eigenvalue weighted by Crippen LogP contribution is -2.04. The van der Waals surface area contributed by atoms with E-state index in [4.69, 9.17) is 11.6 Å². The molecule has 0 spiro atoms. The van der Waals surface area contributed by atoms with Crippen LogP contribution in [0.25, 0.3) is 28.2 Å². The van der Waals surface area contributed by atoms with Crippen molar-refractivity contribution < 1.29 is 9.85 Å². The van der Waals surface area contributed by atoms with E-state index < -0.39 is 15.5 Å². The van der Waals surface area contributed by atoms with Crippen LogP contribution in [0.1, 0.15) is 0 Å². The highest BCUT2D eigenvalue weighted by Crippen LogP contribution is 2.34. The largest absolute Gasteiger partial charge is 0.301 e. The van der Waals surface area contributed by atoms with Crippen molar-refractivity contribution in [2.75, 3.05) is 0 Å². The van der Waals surface area contributed by atoms with E-state index >= 15 is 0 Å². The molecule has 9 heteroatoms. The van der Waals surface area contributed by atoms with Crippen LogP contribution in [0.15, 0.2) is 78.9 Å². The fraction of sp³-hybridized carbons (Fsp3) is 0. The third-order valence-corrected chi connectivity index (χ3v) is 4.77. The van der Waals surface area contributed by atoms with Crippen LogP contribution < -0.4 is 0 Å². The molecule has 0 saturated heterocycles. The SMILES string of the molecule is O=[N+]([O-])c1ccc(-n2nc(-c3ccccc3)cc2-c2ccc(Cl)cc2)c([N+](=O)[O-])c1. The zero-order valence-electron chi connectivity index (χ0n) is 15.3. The van der Waals surface area contributed by atoms with E-state index in [0.717, 1.165) is 17.2 Å². The van der Waals surface area contributed by atoms with Crippen molar-refractivity contribution >= 4 is 23.0 Å². The van der Waals surface area contributed by atoms with E-state index in [1.165, 1.54) is 16.8 Å². The predicted octanol–water partition coefficient (Wildman–Crippen LogP) is 5.68. The van der Waals surface area contributed by atoms with Gasteiger partial charge in [-0.25, -0.2) is 4.68 Å². The van der Waals surface area contributed by atoms with Gasteiger partial charge in [0.15, 0.2) is 0 Å². The van der Waals surface area contributed by atoms with Gasteiger partial charge in [-0.3, -0.25) is 20.2 Å². The van der Waals surface area contributed by atoms with Crippen molar-refractivity contribution in [1.82, 2.24) is 9.78 Å². The van der Waals surface area contributed by atoms with E-state index in [9.17, 15) is 20.2 Å². The summed E-state index contributed by atoms with van der Waals surface area (Å²) in [6.07, 6.45) is 0. The van der Waals surface area contributed by atoms with Gasteiger partial charge in [0.25, 0.3) is 5.69 Å². The van der Waals surface area contributed by atoms with Gasteiger partial charge in [0.05, 0.1) is 27.3 Å². The molecule has 0 fully saturated rings. The first-order valence-electron chi connectivity index (χ1n) is 8.78. The van der Waals surface area contributed by atoms with E-state index in [0.29, 0.717) is 16.4 Å². The van der Waals surface area contributed by atoms with Crippen LogP contribution in [0.5, 0.6) is 0 Å². The van der Waals surface area contributed by atoms with E-state index in [1.54, 1.807) is 24.3 Å². The van der Waals surface area contributed by atoms with Crippen LogP contribution >= 0.6 is 11.6 Å². The van der Waals surface area contributed by atoms with Gasteiger partial charge in [0.1, 0.15) is 5.69 Å². The number of rotatable bonds is 5. The van der Waals surface area contributed by atoms with Crippen LogP contribution in [0.4, 0.5) is 11.4 Å². The smallest absolute Gasteiger partial charge is 0.258 e. The summed E-state index contributed by atoms with van der Waals surface area (Å²) in [5.41, 5.74) is 2.10. The molecule has 148 valence electrons. The Balaban J connectivity index is 1.97. The number of nitro benzene ring substituents is 2. The zero-order valence-corrected chi connectivity index (χ0v) is 16.1. The molecule has 0 aliphatic heterocycles. The number of nitrogens with zero attached hydrogens (tertiary/aromatic N) is 4. The summed E-state index contributed by atoms with van der Waals surface area (Å²) in [4.78, 5) is 21.4. The fourth-order valence-corrected chi connectivity index (χ4v) is 3.22. The minimum atomic E-state index is -0.671. The van der Waals surface area contributed by atoms with Gasteiger partial charge in [-0.1, -0.05) is 54.1 Å². The predicted molar refractivity (Wildman–Crippen MR) is 113 cm³/mol. The fourth-order valence-electron chi connectivity index (χ4n) is 3.09. The molecule has 0 N–H and O–H groups in total. The number of hydrogen-bond acceptors (Lipinski definition) is 5. The molecule has 4 aromatic rings. The molecule has 3 aromatic carbocycles. The van der Waals surface area contributed by atoms with Crippen molar-refractivity contribution in [2.45, 2.75) is 0 Å². The molecule has 4 rings (SSSR count). The molecular weight excluding hydrogens is 408 g/mol. The number of nitro groups is 2. The highest BCUT2D eigenvalue weighted by atomic mass is 35.5. The zero-order chi connectivity index (χ0) is 21.3. The van der Waals surface area contributed by atoms with E-state index in [2.05, 4.69) is 5.10 Å². The van der Waals surface area contributed by atoms with Crippen LogP contribution in [0.3, 0.4) is 0 Å². The van der Waals surface area contributed by atoms with Crippen LogP contribution in [0, 0.1) is 20.2 Å². The molecule has 8 nitrogen and oxygen atoms in total. The number of benzene rings is 3. The van der Waals surface area contributed by atoms with Gasteiger partial charge in [0.2, 0.25) is 0 Å². The average Bonchev–Trinajstić information content (AvgIpc) is 3.19. The molecule has 0 atom stereocenters. The number of non-ortho nitro benzene ring substituents is 1. The quantitative estimate of drug-likeness (QED) is 0.305. The Bertz CT molecular complexity index is 1250. The summed E-state index contributed by atoms with van der Waals surface area (Å²) in [6, 6.07) is 21.6. The number of hydrogen-bond donors (Lipinski definition) is 0. The van der Waals surface area contributed by atoms with Crippen molar-refractivity contribution in [3.05, 3.63) is 104 Å². The maximum Gasteiger partial charge on any atom is 0.301 e. The maximum absolute atomic E-state index is 11.7. The Labute approximate surface area is 175 Å². The highest BCUT2D eigenvalue weighted by molar-refractivity contribution is 6.30. The summed E-state index contributed by atoms with van der Waals surface area (Å²) in [7, 11) is 0. The van der Waals surface area contributed by atoms with Crippen molar-refractivity contribution in [3.8, 4) is 28.2 Å². The first-order valence-corrected chi connectivity index (χ1v) is 9.16.